The molecular weight excluding hydrogens is 228 g/mol. The zero-order valence-corrected chi connectivity index (χ0v) is 10.6. The van der Waals surface area contributed by atoms with E-state index < -0.39 is 0 Å². The molecule has 94 valence electrons. The Balaban J connectivity index is 1.98. The number of Topliss-reactive ketones (excluding diaryl/α,β-unsaturated/α-hetero) is 1. The van der Waals surface area contributed by atoms with E-state index in [4.69, 9.17) is 0 Å². The number of ketones is 1. The van der Waals surface area contributed by atoms with Gasteiger partial charge in [-0.05, 0) is 24.3 Å². The lowest BCUT2D eigenvalue weighted by atomic mass is 10.1. The van der Waals surface area contributed by atoms with Gasteiger partial charge in [0.15, 0.2) is 11.6 Å². The molecule has 5 heteroatoms. The van der Waals surface area contributed by atoms with E-state index in [1.165, 1.54) is 0 Å². The SMILES string of the molecule is CCC(=O)c1ccc(NCc2nncn2C)cc1. The Bertz CT molecular complexity index is 530. The van der Waals surface area contributed by atoms with E-state index in [0.29, 0.717) is 13.0 Å². The lowest BCUT2D eigenvalue weighted by Crippen LogP contribution is -2.06. The summed E-state index contributed by atoms with van der Waals surface area (Å²) in [6, 6.07) is 7.48. The molecule has 0 spiro atoms. The summed E-state index contributed by atoms with van der Waals surface area (Å²) in [4.78, 5) is 11.5. The van der Waals surface area contributed by atoms with Gasteiger partial charge in [0.25, 0.3) is 0 Å². The van der Waals surface area contributed by atoms with Gasteiger partial charge in [-0.15, -0.1) is 10.2 Å². The second-order valence-electron chi connectivity index (χ2n) is 4.07. The highest BCUT2D eigenvalue weighted by atomic mass is 16.1. The number of hydrogen-bond acceptors (Lipinski definition) is 4. The van der Waals surface area contributed by atoms with Crippen molar-refractivity contribution >= 4 is 11.5 Å². The van der Waals surface area contributed by atoms with E-state index in [1.54, 1.807) is 6.33 Å². The van der Waals surface area contributed by atoms with E-state index in [1.807, 2.05) is 42.8 Å². The van der Waals surface area contributed by atoms with Gasteiger partial charge in [-0.3, -0.25) is 4.79 Å². The number of hydrogen-bond donors (Lipinski definition) is 1. The average molecular weight is 244 g/mol. The lowest BCUT2D eigenvalue weighted by molar-refractivity contribution is 0.0988. The predicted molar refractivity (Wildman–Crippen MR) is 69.4 cm³/mol. The maximum Gasteiger partial charge on any atom is 0.162 e. The van der Waals surface area contributed by atoms with Crippen molar-refractivity contribution in [1.82, 2.24) is 14.8 Å². The van der Waals surface area contributed by atoms with Crippen LogP contribution in [0.2, 0.25) is 0 Å². The molecule has 0 fully saturated rings. The zero-order valence-electron chi connectivity index (χ0n) is 10.6. The van der Waals surface area contributed by atoms with Gasteiger partial charge in [0.05, 0.1) is 6.54 Å². The van der Waals surface area contributed by atoms with E-state index in [2.05, 4.69) is 15.5 Å². The summed E-state index contributed by atoms with van der Waals surface area (Å²) in [7, 11) is 1.90. The van der Waals surface area contributed by atoms with Crippen molar-refractivity contribution in [2.24, 2.45) is 7.05 Å². The van der Waals surface area contributed by atoms with Gasteiger partial charge >= 0.3 is 0 Å². The molecule has 0 aliphatic rings. The fourth-order valence-corrected chi connectivity index (χ4v) is 1.63. The van der Waals surface area contributed by atoms with Crippen LogP contribution in [0.15, 0.2) is 30.6 Å². The first-order valence-corrected chi connectivity index (χ1v) is 5.90. The van der Waals surface area contributed by atoms with Crippen molar-refractivity contribution in [3.63, 3.8) is 0 Å². The number of carbonyl (C=O) groups excluding carboxylic acids is 1. The predicted octanol–water partition coefficient (Wildman–Crippen LogP) is 2.02. The van der Waals surface area contributed by atoms with E-state index in [0.717, 1.165) is 17.1 Å². The molecular formula is C13H16N4O. The van der Waals surface area contributed by atoms with Crippen LogP contribution in [-0.2, 0) is 13.6 Å². The van der Waals surface area contributed by atoms with Crippen molar-refractivity contribution in [2.45, 2.75) is 19.9 Å². The summed E-state index contributed by atoms with van der Waals surface area (Å²) in [5, 5.41) is 11.0. The second-order valence-corrected chi connectivity index (χ2v) is 4.07. The number of carbonyl (C=O) groups is 1. The molecule has 1 aromatic heterocycles. The number of nitrogens with one attached hydrogen (secondary N) is 1. The quantitative estimate of drug-likeness (QED) is 0.817. The maximum absolute atomic E-state index is 11.5. The van der Waals surface area contributed by atoms with Crippen LogP contribution in [0.3, 0.4) is 0 Å². The summed E-state index contributed by atoms with van der Waals surface area (Å²) in [5.41, 5.74) is 1.72. The van der Waals surface area contributed by atoms with Crippen LogP contribution in [0.4, 0.5) is 5.69 Å². The Morgan fingerprint density at radius 3 is 2.61 bits per heavy atom. The third-order valence-electron chi connectivity index (χ3n) is 2.78. The third kappa shape index (κ3) is 2.74. The van der Waals surface area contributed by atoms with E-state index >= 15 is 0 Å². The Hall–Kier alpha value is -2.17. The molecule has 0 saturated carbocycles. The maximum atomic E-state index is 11.5. The van der Waals surface area contributed by atoms with Gasteiger partial charge in [0, 0.05) is 24.7 Å². The molecule has 0 bridgehead atoms. The Morgan fingerprint density at radius 2 is 2.06 bits per heavy atom. The molecule has 0 radical (unpaired) electrons. The topological polar surface area (TPSA) is 59.8 Å². The Kier molecular flexibility index (Phi) is 3.72. The third-order valence-corrected chi connectivity index (χ3v) is 2.78. The van der Waals surface area contributed by atoms with Crippen molar-refractivity contribution in [3.05, 3.63) is 42.0 Å². The minimum atomic E-state index is 0.162. The fourth-order valence-electron chi connectivity index (χ4n) is 1.63. The van der Waals surface area contributed by atoms with Gasteiger partial charge < -0.3 is 9.88 Å². The molecule has 2 rings (SSSR count). The van der Waals surface area contributed by atoms with Gasteiger partial charge in [-0.25, -0.2) is 0 Å². The fraction of sp³-hybridized carbons (Fsp3) is 0.308. The molecule has 1 aromatic carbocycles. The summed E-state index contributed by atoms with van der Waals surface area (Å²) in [6.07, 6.45) is 2.20. The Morgan fingerprint density at radius 1 is 1.33 bits per heavy atom. The number of benzene rings is 1. The van der Waals surface area contributed by atoms with Crippen LogP contribution in [0.25, 0.3) is 0 Å². The molecule has 5 nitrogen and oxygen atoms in total. The first kappa shape index (κ1) is 12.3. The monoisotopic (exact) mass is 244 g/mol. The summed E-state index contributed by atoms with van der Waals surface area (Å²) in [5.74, 6) is 1.03. The highest BCUT2D eigenvalue weighted by Gasteiger charge is 2.03. The smallest absolute Gasteiger partial charge is 0.162 e. The minimum absolute atomic E-state index is 0.162. The molecule has 0 amide bonds. The number of rotatable bonds is 5. The van der Waals surface area contributed by atoms with Gasteiger partial charge in [-0.2, -0.15) is 0 Å². The van der Waals surface area contributed by atoms with E-state index in [9.17, 15) is 4.79 Å². The largest absolute Gasteiger partial charge is 0.378 e. The summed E-state index contributed by atoms with van der Waals surface area (Å²) < 4.78 is 1.86. The number of aryl methyl sites for hydroxylation is 1. The molecule has 0 atom stereocenters. The molecule has 0 aliphatic carbocycles. The van der Waals surface area contributed by atoms with Crippen molar-refractivity contribution in [1.29, 1.82) is 0 Å². The first-order chi connectivity index (χ1) is 8.70. The molecule has 0 unspecified atom stereocenters. The molecule has 1 N–H and O–H groups in total. The normalized spacial score (nSPS) is 10.3. The van der Waals surface area contributed by atoms with Crippen LogP contribution in [0.5, 0.6) is 0 Å². The van der Waals surface area contributed by atoms with Crippen LogP contribution >= 0.6 is 0 Å². The van der Waals surface area contributed by atoms with Gasteiger partial charge in [0.2, 0.25) is 0 Å². The lowest BCUT2D eigenvalue weighted by Gasteiger charge is -2.06. The number of aromatic nitrogens is 3. The highest BCUT2D eigenvalue weighted by Crippen LogP contribution is 2.11. The van der Waals surface area contributed by atoms with Crippen LogP contribution in [-0.4, -0.2) is 20.5 Å². The minimum Gasteiger partial charge on any atom is -0.378 e. The van der Waals surface area contributed by atoms with Gasteiger partial charge in [0.1, 0.15) is 6.33 Å². The molecule has 2 aromatic rings. The van der Waals surface area contributed by atoms with Crippen molar-refractivity contribution < 1.29 is 4.79 Å². The number of nitrogens with zero attached hydrogens (tertiary/aromatic N) is 3. The average Bonchev–Trinajstić information content (AvgIpc) is 2.81. The zero-order chi connectivity index (χ0) is 13.0. The summed E-state index contributed by atoms with van der Waals surface area (Å²) in [6.45, 7) is 2.47. The molecule has 18 heavy (non-hydrogen) atoms. The molecule has 0 saturated heterocycles. The van der Waals surface area contributed by atoms with Gasteiger partial charge in [-0.1, -0.05) is 6.92 Å². The summed E-state index contributed by atoms with van der Waals surface area (Å²) >= 11 is 0. The van der Waals surface area contributed by atoms with E-state index in [-0.39, 0.29) is 5.78 Å². The second kappa shape index (κ2) is 5.44. The molecule has 1 heterocycles. The highest BCUT2D eigenvalue weighted by molar-refractivity contribution is 5.96. The number of anilines is 1. The molecule has 0 aliphatic heterocycles. The van der Waals surface area contributed by atoms with Crippen LogP contribution in [0.1, 0.15) is 29.5 Å². The van der Waals surface area contributed by atoms with Crippen molar-refractivity contribution in [3.8, 4) is 0 Å². The van der Waals surface area contributed by atoms with Crippen molar-refractivity contribution in [2.75, 3.05) is 5.32 Å². The standard InChI is InChI=1S/C13H16N4O/c1-3-12(18)10-4-6-11(7-5-10)14-8-13-16-15-9-17(13)2/h4-7,9,14H,3,8H2,1-2H3. The first-order valence-electron chi connectivity index (χ1n) is 5.90. The van der Waals surface area contributed by atoms with Crippen LogP contribution < -0.4 is 5.32 Å². The Labute approximate surface area is 106 Å². The van der Waals surface area contributed by atoms with Crippen LogP contribution in [0, 0.1) is 0 Å².